The third-order valence-corrected chi connectivity index (χ3v) is 4.00. The molecule has 3 rings (SSSR count). The van der Waals surface area contributed by atoms with Gasteiger partial charge in [0.05, 0.1) is 0 Å². The molecule has 2 unspecified atom stereocenters. The zero-order valence-electron chi connectivity index (χ0n) is 11.3. The SMILES string of the molecule is CC(C)Cn1c(C2CC2c2ccccc2)n[nH]c1=S. The van der Waals surface area contributed by atoms with Crippen LogP contribution < -0.4 is 0 Å². The minimum absolute atomic E-state index is 0.522. The fourth-order valence-corrected chi connectivity index (χ4v) is 2.92. The molecule has 2 aromatic rings. The number of nitrogens with zero attached hydrogens (tertiary/aromatic N) is 2. The van der Waals surface area contributed by atoms with Crippen molar-refractivity contribution in [1.29, 1.82) is 0 Å². The topological polar surface area (TPSA) is 33.6 Å². The molecule has 1 fully saturated rings. The van der Waals surface area contributed by atoms with Gasteiger partial charge < -0.3 is 4.57 Å². The van der Waals surface area contributed by atoms with Crippen molar-refractivity contribution in [2.45, 2.75) is 38.6 Å². The van der Waals surface area contributed by atoms with Gasteiger partial charge in [-0.2, -0.15) is 5.10 Å². The van der Waals surface area contributed by atoms with Crippen molar-refractivity contribution in [2.75, 3.05) is 0 Å². The molecule has 19 heavy (non-hydrogen) atoms. The Morgan fingerprint density at radius 2 is 2.05 bits per heavy atom. The van der Waals surface area contributed by atoms with Gasteiger partial charge in [0.15, 0.2) is 4.77 Å². The number of H-pyrrole nitrogens is 1. The summed E-state index contributed by atoms with van der Waals surface area (Å²) in [6.45, 7) is 5.36. The van der Waals surface area contributed by atoms with E-state index in [-0.39, 0.29) is 0 Å². The Balaban J connectivity index is 1.84. The van der Waals surface area contributed by atoms with Gasteiger partial charge in [-0.05, 0) is 36.0 Å². The molecule has 1 heterocycles. The summed E-state index contributed by atoms with van der Waals surface area (Å²) in [6.07, 6.45) is 1.18. The Hall–Kier alpha value is -1.42. The first-order valence-corrected chi connectivity index (χ1v) is 7.27. The van der Waals surface area contributed by atoms with Crippen molar-refractivity contribution < 1.29 is 0 Å². The maximum atomic E-state index is 5.34. The summed E-state index contributed by atoms with van der Waals surface area (Å²) in [5.41, 5.74) is 1.41. The minimum atomic E-state index is 0.522. The average Bonchev–Trinajstić information content (AvgIpc) is 3.11. The zero-order valence-corrected chi connectivity index (χ0v) is 12.2. The lowest BCUT2D eigenvalue weighted by molar-refractivity contribution is 0.502. The summed E-state index contributed by atoms with van der Waals surface area (Å²) in [7, 11) is 0. The van der Waals surface area contributed by atoms with Gasteiger partial charge in [-0.25, -0.2) is 0 Å². The van der Waals surface area contributed by atoms with Crippen LogP contribution in [0, 0.1) is 10.7 Å². The highest BCUT2D eigenvalue weighted by molar-refractivity contribution is 7.71. The first kappa shape index (κ1) is 12.6. The number of rotatable bonds is 4. The molecular weight excluding hydrogens is 254 g/mol. The number of aromatic amines is 1. The summed E-state index contributed by atoms with van der Waals surface area (Å²) in [6, 6.07) is 10.7. The molecule has 1 N–H and O–H groups in total. The standard InChI is InChI=1S/C15H19N3S/c1-10(2)9-18-14(16-17-15(18)19)13-8-12(13)11-6-4-3-5-7-11/h3-7,10,12-13H,8-9H2,1-2H3,(H,17,19). The van der Waals surface area contributed by atoms with Crippen LogP contribution in [0.1, 0.15) is 43.5 Å². The van der Waals surface area contributed by atoms with Crippen LogP contribution in [-0.4, -0.2) is 14.8 Å². The first-order valence-electron chi connectivity index (χ1n) is 6.87. The summed E-state index contributed by atoms with van der Waals surface area (Å²) in [5.74, 6) is 2.84. The van der Waals surface area contributed by atoms with Crippen LogP contribution in [0.3, 0.4) is 0 Å². The van der Waals surface area contributed by atoms with Gasteiger partial charge in [-0.15, -0.1) is 0 Å². The predicted octanol–water partition coefficient (Wildman–Crippen LogP) is 3.87. The fraction of sp³-hybridized carbons (Fsp3) is 0.467. The number of hydrogen-bond donors (Lipinski definition) is 1. The van der Waals surface area contributed by atoms with Crippen LogP contribution in [-0.2, 0) is 6.54 Å². The van der Waals surface area contributed by atoms with E-state index >= 15 is 0 Å². The van der Waals surface area contributed by atoms with Crippen molar-refractivity contribution in [3.63, 3.8) is 0 Å². The van der Waals surface area contributed by atoms with Crippen molar-refractivity contribution in [2.24, 2.45) is 5.92 Å². The molecule has 1 aromatic carbocycles. The van der Waals surface area contributed by atoms with E-state index in [2.05, 4.69) is 58.9 Å². The third-order valence-electron chi connectivity index (χ3n) is 3.69. The maximum absolute atomic E-state index is 5.34. The molecule has 0 bridgehead atoms. The molecule has 1 aromatic heterocycles. The lowest BCUT2D eigenvalue weighted by atomic mass is 10.1. The molecule has 1 aliphatic carbocycles. The molecule has 0 spiro atoms. The van der Waals surface area contributed by atoms with E-state index in [1.807, 2.05) is 0 Å². The number of benzene rings is 1. The van der Waals surface area contributed by atoms with Crippen LogP contribution >= 0.6 is 12.2 Å². The highest BCUT2D eigenvalue weighted by Crippen LogP contribution is 2.53. The van der Waals surface area contributed by atoms with Crippen LogP contribution in [0.4, 0.5) is 0 Å². The number of nitrogens with one attached hydrogen (secondary N) is 1. The van der Waals surface area contributed by atoms with Gasteiger partial charge in [0.1, 0.15) is 5.82 Å². The van der Waals surface area contributed by atoms with Crippen molar-refractivity contribution in [1.82, 2.24) is 14.8 Å². The molecule has 0 saturated heterocycles. The largest absolute Gasteiger partial charge is 0.304 e. The molecule has 4 heteroatoms. The van der Waals surface area contributed by atoms with Gasteiger partial charge in [0.25, 0.3) is 0 Å². The second-order valence-corrected chi connectivity index (χ2v) is 6.14. The minimum Gasteiger partial charge on any atom is -0.304 e. The van der Waals surface area contributed by atoms with E-state index in [9.17, 15) is 0 Å². The van der Waals surface area contributed by atoms with E-state index in [0.717, 1.165) is 17.1 Å². The Bertz CT molecular complexity index is 612. The zero-order chi connectivity index (χ0) is 13.4. The second kappa shape index (κ2) is 4.93. The highest BCUT2D eigenvalue weighted by Gasteiger charge is 2.42. The molecule has 0 radical (unpaired) electrons. The Kier molecular flexibility index (Phi) is 3.27. The van der Waals surface area contributed by atoms with Gasteiger partial charge in [0.2, 0.25) is 0 Å². The lowest BCUT2D eigenvalue weighted by Gasteiger charge is -2.09. The highest BCUT2D eigenvalue weighted by atomic mass is 32.1. The first-order chi connectivity index (χ1) is 9.16. The monoisotopic (exact) mass is 273 g/mol. The van der Waals surface area contributed by atoms with Gasteiger partial charge in [-0.3, -0.25) is 5.10 Å². The Morgan fingerprint density at radius 1 is 1.32 bits per heavy atom. The number of hydrogen-bond acceptors (Lipinski definition) is 2. The smallest absolute Gasteiger partial charge is 0.195 e. The van der Waals surface area contributed by atoms with Crippen molar-refractivity contribution >= 4 is 12.2 Å². The quantitative estimate of drug-likeness (QED) is 0.858. The normalized spacial score (nSPS) is 21.8. The van der Waals surface area contributed by atoms with Gasteiger partial charge in [-0.1, -0.05) is 44.2 Å². The van der Waals surface area contributed by atoms with Crippen LogP contribution in [0.2, 0.25) is 0 Å². The second-order valence-electron chi connectivity index (χ2n) is 5.75. The van der Waals surface area contributed by atoms with Crippen LogP contribution in [0.5, 0.6) is 0 Å². The van der Waals surface area contributed by atoms with Crippen LogP contribution in [0.25, 0.3) is 0 Å². The summed E-state index contributed by atoms with van der Waals surface area (Å²) >= 11 is 5.34. The van der Waals surface area contributed by atoms with E-state index in [4.69, 9.17) is 12.2 Å². The van der Waals surface area contributed by atoms with Crippen molar-refractivity contribution in [3.05, 3.63) is 46.5 Å². The summed E-state index contributed by atoms with van der Waals surface area (Å²) in [4.78, 5) is 0. The molecular formula is C15H19N3S. The summed E-state index contributed by atoms with van der Waals surface area (Å²) in [5, 5.41) is 7.40. The van der Waals surface area contributed by atoms with E-state index in [1.165, 1.54) is 12.0 Å². The van der Waals surface area contributed by atoms with Gasteiger partial charge >= 0.3 is 0 Å². The average molecular weight is 273 g/mol. The molecule has 100 valence electrons. The van der Waals surface area contributed by atoms with Crippen molar-refractivity contribution in [3.8, 4) is 0 Å². The fourth-order valence-electron chi connectivity index (χ4n) is 2.70. The van der Waals surface area contributed by atoms with E-state index in [1.54, 1.807) is 0 Å². The molecule has 3 nitrogen and oxygen atoms in total. The predicted molar refractivity (Wildman–Crippen MR) is 78.8 cm³/mol. The maximum Gasteiger partial charge on any atom is 0.195 e. The molecule has 0 amide bonds. The molecule has 2 atom stereocenters. The number of aromatic nitrogens is 3. The Morgan fingerprint density at radius 3 is 2.74 bits per heavy atom. The van der Waals surface area contributed by atoms with Gasteiger partial charge in [0, 0.05) is 12.5 Å². The lowest BCUT2D eigenvalue weighted by Crippen LogP contribution is -2.08. The molecule has 1 aliphatic rings. The van der Waals surface area contributed by atoms with Crippen LogP contribution in [0.15, 0.2) is 30.3 Å². The van der Waals surface area contributed by atoms with E-state index in [0.29, 0.717) is 17.8 Å². The Labute approximate surface area is 118 Å². The van der Waals surface area contributed by atoms with E-state index < -0.39 is 0 Å². The molecule has 1 saturated carbocycles. The summed E-state index contributed by atoms with van der Waals surface area (Å²) < 4.78 is 2.93. The third kappa shape index (κ3) is 2.50. The molecule has 0 aliphatic heterocycles.